The van der Waals surface area contributed by atoms with Crippen LogP contribution in [0.3, 0.4) is 0 Å². The molecule has 51 heavy (non-hydrogen) atoms. The van der Waals surface area contributed by atoms with Crippen LogP contribution >= 0.6 is 0 Å². The first-order valence-corrected chi connectivity index (χ1v) is 18.8. The Labute approximate surface area is 297 Å². The van der Waals surface area contributed by atoms with Crippen LogP contribution in [0.5, 0.6) is 0 Å². The highest BCUT2D eigenvalue weighted by Gasteiger charge is 2.40. The molecule has 0 atom stereocenters. The number of carbonyl (C=O) groups excluding carboxylic acids is 2. The van der Waals surface area contributed by atoms with Crippen LogP contribution in [0.1, 0.15) is 65.5 Å². The fraction of sp³-hybridized carbons (Fsp3) is 0.500. The summed E-state index contributed by atoms with van der Waals surface area (Å²) >= 11 is 0. The molecular weight excluding hydrogens is 684 g/mol. The first kappa shape index (κ1) is 38.2. The number of rotatable bonds is 12. The third kappa shape index (κ3) is 10.3. The fourth-order valence-corrected chi connectivity index (χ4v) is 7.89. The van der Waals surface area contributed by atoms with E-state index in [9.17, 15) is 31.2 Å². The molecule has 0 spiro atoms. The van der Waals surface area contributed by atoms with Gasteiger partial charge >= 0.3 is 6.18 Å². The molecule has 0 aliphatic carbocycles. The van der Waals surface area contributed by atoms with Crippen molar-refractivity contribution in [2.45, 2.75) is 77.3 Å². The minimum Gasteiger partial charge on any atom is -0.364 e. The minimum absolute atomic E-state index is 0.00336. The van der Waals surface area contributed by atoms with Gasteiger partial charge in [0, 0.05) is 56.5 Å². The second kappa shape index (κ2) is 16.1. The van der Waals surface area contributed by atoms with Gasteiger partial charge in [-0.3, -0.25) is 14.5 Å². The number of aromatic nitrogens is 2. The van der Waals surface area contributed by atoms with Gasteiger partial charge in [0.25, 0.3) is 5.91 Å². The van der Waals surface area contributed by atoms with Crippen molar-refractivity contribution in [3.8, 4) is 0 Å². The van der Waals surface area contributed by atoms with Gasteiger partial charge in [0.15, 0.2) is 5.75 Å². The number of hydrogen-bond donors (Lipinski definition) is 2. The molecule has 0 radical (unpaired) electrons. The monoisotopic (exact) mass is 729 g/mol. The van der Waals surface area contributed by atoms with Crippen LogP contribution in [-0.2, 0) is 27.9 Å². The molecule has 3 aromatic rings. The molecule has 2 aromatic carbocycles. The van der Waals surface area contributed by atoms with E-state index in [0.717, 1.165) is 56.6 Å². The molecule has 0 saturated carbocycles. The van der Waals surface area contributed by atoms with Crippen LogP contribution < -0.4 is 14.9 Å². The summed E-state index contributed by atoms with van der Waals surface area (Å²) in [6, 6.07) is 18.3. The van der Waals surface area contributed by atoms with E-state index in [4.69, 9.17) is 0 Å². The summed E-state index contributed by atoms with van der Waals surface area (Å²) in [5.41, 5.74) is 4.99. The zero-order valence-electron chi connectivity index (χ0n) is 29.2. The normalized spacial score (nSPS) is 17.3. The van der Waals surface area contributed by atoms with Crippen molar-refractivity contribution in [2.75, 3.05) is 43.4 Å². The number of nitrogens with one attached hydrogen (secondary N) is 2. The van der Waals surface area contributed by atoms with Crippen molar-refractivity contribution in [1.29, 1.82) is 0 Å². The highest BCUT2D eigenvalue weighted by molar-refractivity contribution is 7.89. The molecular formula is C36H46F3N7O4S. The number of benzene rings is 2. The van der Waals surface area contributed by atoms with E-state index in [1.807, 2.05) is 61.2 Å². The molecule has 0 bridgehead atoms. The number of likely N-dealkylation sites (tertiary alicyclic amines) is 2. The smallest absolute Gasteiger partial charge is 0.364 e. The van der Waals surface area contributed by atoms with Gasteiger partial charge in [-0.05, 0) is 69.7 Å². The van der Waals surface area contributed by atoms with Gasteiger partial charge in [-0.2, -0.15) is 13.2 Å². The zero-order valence-corrected chi connectivity index (χ0v) is 30.1. The summed E-state index contributed by atoms with van der Waals surface area (Å²) < 4.78 is 62.2. The number of halogens is 3. The average molecular weight is 730 g/mol. The van der Waals surface area contributed by atoms with Crippen LogP contribution in [0, 0.1) is 13.8 Å². The minimum atomic E-state index is -4.90. The maximum atomic E-state index is 13.4. The van der Waals surface area contributed by atoms with Crippen molar-refractivity contribution in [2.24, 2.45) is 0 Å². The lowest BCUT2D eigenvalue weighted by Gasteiger charge is -2.50. The van der Waals surface area contributed by atoms with Crippen LogP contribution in [0.4, 0.5) is 18.9 Å². The summed E-state index contributed by atoms with van der Waals surface area (Å²) in [6.45, 7) is 9.28. The van der Waals surface area contributed by atoms with E-state index >= 15 is 0 Å². The molecule has 2 saturated heterocycles. The predicted molar refractivity (Wildman–Crippen MR) is 188 cm³/mol. The van der Waals surface area contributed by atoms with E-state index in [2.05, 4.69) is 44.1 Å². The maximum Gasteiger partial charge on any atom is 0.404 e. The van der Waals surface area contributed by atoms with E-state index in [1.54, 1.807) is 4.72 Å². The van der Waals surface area contributed by atoms with Gasteiger partial charge in [-0.15, -0.1) is 0 Å². The van der Waals surface area contributed by atoms with Crippen molar-refractivity contribution in [3.63, 3.8) is 0 Å². The molecule has 2 amide bonds. The summed E-state index contributed by atoms with van der Waals surface area (Å²) in [6.07, 6.45) is 0.306. The van der Waals surface area contributed by atoms with Gasteiger partial charge in [0.05, 0.1) is 23.5 Å². The molecule has 2 N–H and O–H groups in total. The number of carbonyl (C=O) groups is 2. The quantitative estimate of drug-likeness (QED) is 0.282. The summed E-state index contributed by atoms with van der Waals surface area (Å²) in [5, 5.41) is 2.55. The average Bonchev–Trinajstić information content (AvgIpc) is 3.09. The SMILES string of the molecule is Cc1ncnc(C)c1C(=O)N1CCC(C)(N2CCC(N(Cc3ccccc3)c3ccc(CNC(=O)CNS(=O)(=O)CC(F)(F)F)cc3)CC2)CC1. The molecule has 1 aromatic heterocycles. The highest BCUT2D eigenvalue weighted by Crippen LogP contribution is 2.34. The molecule has 15 heteroatoms. The molecule has 276 valence electrons. The Bertz CT molecular complexity index is 1740. The number of aryl methyl sites for hydroxylation is 2. The van der Waals surface area contributed by atoms with Crippen LogP contribution in [0.15, 0.2) is 60.9 Å². The lowest BCUT2D eigenvalue weighted by Crippen LogP contribution is -2.58. The summed E-state index contributed by atoms with van der Waals surface area (Å²) in [5.74, 6) is -2.77. The molecule has 2 aliphatic heterocycles. The summed E-state index contributed by atoms with van der Waals surface area (Å²) in [4.78, 5) is 40.9. The van der Waals surface area contributed by atoms with Crippen LogP contribution in [0.2, 0.25) is 0 Å². The van der Waals surface area contributed by atoms with Gasteiger partial charge in [0.2, 0.25) is 15.9 Å². The van der Waals surface area contributed by atoms with Gasteiger partial charge < -0.3 is 15.1 Å². The number of anilines is 1. The van der Waals surface area contributed by atoms with Crippen molar-refractivity contribution in [3.05, 3.63) is 89.0 Å². The molecule has 0 unspecified atom stereocenters. The third-order valence-corrected chi connectivity index (χ3v) is 11.3. The van der Waals surface area contributed by atoms with Gasteiger partial charge in [-0.1, -0.05) is 42.5 Å². The lowest BCUT2D eigenvalue weighted by atomic mass is 9.85. The molecule has 2 aliphatic rings. The number of piperidine rings is 2. The van der Waals surface area contributed by atoms with Crippen LogP contribution in [0.25, 0.3) is 0 Å². The number of hydrogen-bond acceptors (Lipinski definition) is 8. The largest absolute Gasteiger partial charge is 0.404 e. The Balaban J connectivity index is 1.17. The Morgan fingerprint density at radius 2 is 1.53 bits per heavy atom. The van der Waals surface area contributed by atoms with Crippen LogP contribution in [-0.4, -0.2) is 96.2 Å². The van der Waals surface area contributed by atoms with E-state index in [1.165, 1.54) is 11.9 Å². The Morgan fingerprint density at radius 3 is 2.12 bits per heavy atom. The second-order valence-corrected chi connectivity index (χ2v) is 15.5. The number of sulfonamides is 1. The Kier molecular flexibility index (Phi) is 12.0. The maximum absolute atomic E-state index is 13.4. The Morgan fingerprint density at radius 1 is 0.922 bits per heavy atom. The molecule has 11 nitrogen and oxygen atoms in total. The summed E-state index contributed by atoms with van der Waals surface area (Å²) in [7, 11) is -4.66. The molecule has 3 heterocycles. The van der Waals surface area contributed by atoms with Gasteiger partial charge in [-0.25, -0.2) is 23.1 Å². The fourth-order valence-electron chi connectivity index (χ4n) is 7.01. The Hall–Kier alpha value is -4.08. The predicted octanol–water partition coefficient (Wildman–Crippen LogP) is 4.36. The lowest BCUT2D eigenvalue weighted by molar-refractivity contribution is -0.120. The number of alkyl halides is 3. The standard InChI is InChI=1S/C36H46F3N7O4S/c1-26-33(27(2)42-25-41-26)34(48)44-19-15-35(3,16-20-44)45-17-13-31(14-18-45)46(23-29-7-5-4-6-8-29)30-11-9-28(10-12-30)21-40-32(47)22-43-51(49,50)24-36(37,38)39/h4-12,25,31,43H,13-24H2,1-3H3,(H,40,47). The highest BCUT2D eigenvalue weighted by atomic mass is 32.2. The van der Waals surface area contributed by atoms with E-state index in [-0.39, 0.29) is 24.0 Å². The topological polar surface area (TPSA) is 128 Å². The second-order valence-electron chi connectivity index (χ2n) is 13.7. The number of nitrogens with zero attached hydrogens (tertiary/aromatic N) is 5. The third-order valence-electron chi connectivity index (χ3n) is 10.00. The number of amides is 2. The van der Waals surface area contributed by atoms with E-state index in [0.29, 0.717) is 30.0 Å². The molecule has 2 fully saturated rings. The zero-order chi connectivity index (χ0) is 36.8. The van der Waals surface area contributed by atoms with Crippen molar-refractivity contribution in [1.82, 2.24) is 29.8 Å². The van der Waals surface area contributed by atoms with Crippen molar-refractivity contribution >= 4 is 27.5 Å². The van der Waals surface area contributed by atoms with Gasteiger partial charge in [0.1, 0.15) is 6.33 Å². The molecule has 5 rings (SSSR count). The first-order chi connectivity index (χ1) is 24.1. The van der Waals surface area contributed by atoms with Crippen molar-refractivity contribution < 1.29 is 31.2 Å². The van der Waals surface area contributed by atoms with E-state index < -0.39 is 34.4 Å². The first-order valence-electron chi connectivity index (χ1n) is 17.2.